The van der Waals surface area contributed by atoms with E-state index in [0.717, 1.165) is 80.8 Å². The highest BCUT2D eigenvalue weighted by molar-refractivity contribution is 7.25. The number of benzene rings is 8. The third-order valence-corrected chi connectivity index (χ3v) is 12.1. The van der Waals surface area contributed by atoms with E-state index in [0.29, 0.717) is 23.0 Å². The van der Waals surface area contributed by atoms with Crippen LogP contribution in [0.4, 0.5) is 0 Å². The molecule has 3 aromatic heterocycles. The lowest BCUT2D eigenvalue weighted by Gasteiger charge is -2.18. The van der Waals surface area contributed by atoms with E-state index in [1.165, 1.54) is 10.9 Å². The van der Waals surface area contributed by atoms with Crippen molar-refractivity contribution in [1.29, 1.82) is 5.26 Å². The summed E-state index contributed by atoms with van der Waals surface area (Å²) in [6, 6.07) is 63.3. The van der Waals surface area contributed by atoms with E-state index in [2.05, 4.69) is 151 Å². The first kappa shape index (κ1) is 34.4. The fourth-order valence-corrected chi connectivity index (χ4v) is 9.45. The molecule has 0 fully saturated rings. The molecule has 0 unspecified atom stereocenters. The van der Waals surface area contributed by atoms with Gasteiger partial charge in [0.15, 0.2) is 17.5 Å². The Hall–Kier alpha value is -7.85. The molecule has 0 atom stereocenters. The van der Waals surface area contributed by atoms with Crippen LogP contribution in [-0.2, 0) is 0 Å². The van der Waals surface area contributed by atoms with Crippen LogP contribution in [-0.4, -0.2) is 19.9 Å². The quantitative estimate of drug-likeness (QED) is 0.157. The summed E-state index contributed by atoms with van der Waals surface area (Å²) in [6.45, 7) is 0. The van der Waals surface area contributed by atoms with Crippen LogP contribution in [0.25, 0.3) is 109 Å². The van der Waals surface area contributed by atoms with Crippen molar-refractivity contribution in [2.75, 3.05) is 0 Å². The SMILES string of the molecule is N#Cc1ccc2c(c1)sc1cc(-c3cc(-c4cccnc4)cc(-c4nc(-c5ccccc5)nc(-c5c6ccccc6c(-c6ccccc6)c6ccccc56)n4)c3)ccc12. The average Bonchev–Trinajstić information content (AvgIpc) is 3.68. The highest BCUT2D eigenvalue weighted by atomic mass is 32.1. The fourth-order valence-electron chi connectivity index (χ4n) is 8.27. The van der Waals surface area contributed by atoms with Gasteiger partial charge in [-0.1, -0.05) is 133 Å². The highest BCUT2D eigenvalue weighted by Gasteiger charge is 2.21. The van der Waals surface area contributed by atoms with Crippen LogP contribution in [0.15, 0.2) is 188 Å². The van der Waals surface area contributed by atoms with E-state index in [1.54, 1.807) is 17.5 Å². The lowest BCUT2D eigenvalue weighted by atomic mass is 9.88. The number of fused-ring (bicyclic) bond motifs is 5. The maximum atomic E-state index is 9.55. The van der Waals surface area contributed by atoms with Crippen LogP contribution in [0.5, 0.6) is 0 Å². The van der Waals surface area contributed by atoms with Gasteiger partial charge >= 0.3 is 0 Å². The first-order chi connectivity index (χ1) is 29.2. The van der Waals surface area contributed by atoms with Crippen LogP contribution in [0, 0.1) is 11.3 Å². The van der Waals surface area contributed by atoms with Crippen molar-refractivity contribution in [3.8, 4) is 73.6 Å². The van der Waals surface area contributed by atoms with Gasteiger partial charge in [0.05, 0.1) is 11.6 Å². The second-order valence-corrected chi connectivity index (χ2v) is 15.6. The van der Waals surface area contributed by atoms with Crippen LogP contribution in [0.3, 0.4) is 0 Å². The van der Waals surface area contributed by atoms with Gasteiger partial charge in [-0.15, -0.1) is 11.3 Å². The van der Waals surface area contributed by atoms with Crippen molar-refractivity contribution in [3.63, 3.8) is 0 Å². The van der Waals surface area contributed by atoms with E-state index in [1.807, 2.05) is 42.6 Å². The van der Waals surface area contributed by atoms with Crippen LogP contribution < -0.4 is 0 Å². The number of aromatic nitrogens is 4. The van der Waals surface area contributed by atoms with E-state index in [9.17, 15) is 5.26 Å². The minimum absolute atomic E-state index is 0.577. The maximum Gasteiger partial charge on any atom is 0.165 e. The zero-order chi connectivity index (χ0) is 39.3. The first-order valence-electron chi connectivity index (χ1n) is 19.4. The van der Waals surface area contributed by atoms with Crippen LogP contribution >= 0.6 is 11.3 Å². The average molecular weight is 770 g/mol. The summed E-state index contributed by atoms with van der Waals surface area (Å²) in [5.41, 5.74) is 9.86. The molecular formula is C53H31N5S. The van der Waals surface area contributed by atoms with Crippen molar-refractivity contribution in [2.24, 2.45) is 0 Å². The zero-order valence-corrected chi connectivity index (χ0v) is 32.4. The largest absolute Gasteiger partial charge is 0.264 e. The first-order valence-corrected chi connectivity index (χ1v) is 20.2. The topological polar surface area (TPSA) is 75.3 Å². The maximum absolute atomic E-state index is 9.55. The second kappa shape index (κ2) is 14.3. The van der Waals surface area contributed by atoms with Crippen LogP contribution in [0.2, 0.25) is 0 Å². The van der Waals surface area contributed by atoms with Gasteiger partial charge in [0.25, 0.3) is 0 Å². The third-order valence-electron chi connectivity index (χ3n) is 11.0. The summed E-state index contributed by atoms with van der Waals surface area (Å²) in [5, 5.41) is 16.3. The van der Waals surface area contributed by atoms with Gasteiger partial charge in [-0.2, -0.15) is 5.26 Å². The van der Waals surface area contributed by atoms with E-state index in [4.69, 9.17) is 15.0 Å². The number of rotatable bonds is 6. The Bertz CT molecular complexity index is 3390. The molecule has 3 heterocycles. The summed E-state index contributed by atoms with van der Waals surface area (Å²) >= 11 is 1.71. The molecule has 0 aliphatic heterocycles. The van der Waals surface area contributed by atoms with E-state index in [-0.39, 0.29) is 0 Å². The molecule has 0 spiro atoms. The summed E-state index contributed by atoms with van der Waals surface area (Å²) in [5.74, 6) is 1.79. The normalized spacial score (nSPS) is 11.4. The minimum Gasteiger partial charge on any atom is -0.264 e. The van der Waals surface area contributed by atoms with Crippen molar-refractivity contribution < 1.29 is 0 Å². The van der Waals surface area contributed by atoms with Gasteiger partial charge in [0.2, 0.25) is 0 Å². The number of hydrogen-bond donors (Lipinski definition) is 0. The Morgan fingerprint density at radius 1 is 0.373 bits per heavy atom. The molecular weight excluding hydrogens is 739 g/mol. The molecule has 0 N–H and O–H groups in total. The molecule has 0 saturated heterocycles. The smallest absolute Gasteiger partial charge is 0.165 e. The molecule has 0 amide bonds. The Labute approximate surface area is 344 Å². The Kier molecular flexibility index (Phi) is 8.32. The predicted octanol–water partition coefficient (Wildman–Crippen LogP) is 13.8. The molecule has 8 aromatic carbocycles. The Morgan fingerprint density at radius 2 is 0.898 bits per heavy atom. The van der Waals surface area contributed by atoms with E-state index >= 15 is 0 Å². The number of nitrogens with zero attached hydrogens (tertiary/aromatic N) is 5. The van der Waals surface area contributed by atoms with Crippen molar-refractivity contribution in [2.45, 2.75) is 0 Å². The van der Waals surface area contributed by atoms with Crippen molar-refractivity contribution in [1.82, 2.24) is 19.9 Å². The van der Waals surface area contributed by atoms with Gasteiger partial charge in [0.1, 0.15) is 0 Å². The predicted molar refractivity (Wildman–Crippen MR) is 243 cm³/mol. The molecule has 6 heteroatoms. The van der Waals surface area contributed by atoms with Crippen molar-refractivity contribution >= 4 is 53.1 Å². The fraction of sp³-hybridized carbons (Fsp3) is 0. The summed E-state index contributed by atoms with van der Waals surface area (Å²) in [6.07, 6.45) is 3.69. The second-order valence-electron chi connectivity index (χ2n) is 14.6. The van der Waals surface area contributed by atoms with Gasteiger partial charge < -0.3 is 0 Å². The number of hydrogen-bond acceptors (Lipinski definition) is 6. The summed E-state index contributed by atoms with van der Waals surface area (Å²) in [7, 11) is 0. The Balaban J connectivity index is 1.17. The van der Waals surface area contributed by atoms with Gasteiger partial charge in [-0.05, 0) is 91.8 Å². The molecule has 0 radical (unpaired) electrons. The molecule has 274 valence electrons. The van der Waals surface area contributed by atoms with Crippen LogP contribution in [0.1, 0.15) is 5.56 Å². The highest BCUT2D eigenvalue weighted by Crippen LogP contribution is 2.44. The third kappa shape index (κ3) is 6.09. The summed E-state index contributed by atoms with van der Waals surface area (Å²) in [4.78, 5) is 20.4. The molecule has 0 aliphatic carbocycles. The zero-order valence-electron chi connectivity index (χ0n) is 31.5. The minimum atomic E-state index is 0.577. The molecule has 0 aliphatic rings. The molecule has 5 nitrogen and oxygen atoms in total. The Morgan fingerprint density at radius 3 is 1.54 bits per heavy atom. The number of pyridine rings is 1. The molecule has 0 saturated carbocycles. The number of thiophene rings is 1. The standard InChI is InChI=1S/C53H31N5S/c54-31-33-21-23-41-42-24-22-36(30-48(42)59-47(41)26-33)38-27-39(37-16-11-25-55-32-37)29-40(28-38)52-56-51(35-14-5-2-6-15-35)57-53(58-52)50-45-19-9-7-17-43(45)49(34-12-3-1-4-13-34)44-18-8-10-20-46(44)50/h1-30,32H. The van der Waals surface area contributed by atoms with Gasteiger partial charge in [-0.3, -0.25) is 4.98 Å². The van der Waals surface area contributed by atoms with Gasteiger partial charge in [-0.25, -0.2) is 15.0 Å². The monoisotopic (exact) mass is 769 g/mol. The van der Waals surface area contributed by atoms with Crippen molar-refractivity contribution in [3.05, 3.63) is 194 Å². The molecule has 0 bridgehead atoms. The lowest BCUT2D eigenvalue weighted by molar-refractivity contribution is 1.08. The summed E-state index contributed by atoms with van der Waals surface area (Å²) < 4.78 is 2.26. The molecule has 11 aromatic rings. The van der Waals surface area contributed by atoms with E-state index < -0.39 is 0 Å². The lowest BCUT2D eigenvalue weighted by Crippen LogP contribution is -2.02. The van der Waals surface area contributed by atoms with Gasteiger partial charge in [0, 0.05) is 54.8 Å². The molecule has 59 heavy (non-hydrogen) atoms. The molecule has 11 rings (SSSR count). The number of nitriles is 1.